The van der Waals surface area contributed by atoms with E-state index in [1.165, 1.54) is 5.56 Å². The lowest BCUT2D eigenvalue weighted by atomic mass is 10.1. The molecular formula is C19H23BrN6. The van der Waals surface area contributed by atoms with Crippen LogP contribution in [0.3, 0.4) is 0 Å². The minimum Gasteiger partial charge on any atom is -0.357 e. The summed E-state index contributed by atoms with van der Waals surface area (Å²) in [7, 11) is 0. The normalized spacial score (nSPS) is 11.7. The Morgan fingerprint density at radius 1 is 1.15 bits per heavy atom. The van der Waals surface area contributed by atoms with Gasteiger partial charge in [0.25, 0.3) is 0 Å². The van der Waals surface area contributed by atoms with E-state index in [-0.39, 0.29) is 0 Å². The molecule has 0 bridgehead atoms. The molecule has 2 N–H and O–H groups in total. The maximum absolute atomic E-state index is 4.63. The van der Waals surface area contributed by atoms with Gasteiger partial charge in [-0.3, -0.25) is 4.40 Å². The summed E-state index contributed by atoms with van der Waals surface area (Å²) in [5.41, 5.74) is 2.17. The predicted octanol–water partition coefficient (Wildman–Crippen LogP) is 3.18. The number of hydrogen-bond donors (Lipinski definition) is 2. The lowest BCUT2D eigenvalue weighted by Gasteiger charge is -2.11. The molecule has 26 heavy (non-hydrogen) atoms. The van der Waals surface area contributed by atoms with E-state index in [4.69, 9.17) is 0 Å². The number of aromatic nitrogens is 3. The van der Waals surface area contributed by atoms with Gasteiger partial charge in [0.05, 0.1) is 0 Å². The van der Waals surface area contributed by atoms with Crippen molar-refractivity contribution in [3.63, 3.8) is 0 Å². The molecule has 6 nitrogen and oxygen atoms in total. The standard InChI is InChI=1S/C19H23BrN6/c1-2-21-19(22-11-6-8-15-7-5-9-16(20)13-15)23-14-18-25-24-17-10-3-4-12-26(17)18/h3-5,7,9-10,12-13H,2,6,8,11,14H2,1H3,(H2,21,22,23). The summed E-state index contributed by atoms with van der Waals surface area (Å²) in [5, 5.41) is 15.0. The molecular weight excluding hydrogens is 392 g/mol. The van der Waals surface area contributed by atoms with Crippen molar-refractivity contribution in [2.24, 2.45) is 4.99 Å². The van der Waals surface area contributed by atoms with Crippen LogP contribution in [0.1, 0.15) is 24.7 Å². The van der Waals surface area contributed by atoms with E-state index in [9.17, 15) is 0 Å². The minimum atomic E-state index is 0.478. The summed E-state index contributed by atoms with van der Waals surface area (Å²) in [4.78, 5) is 4.63. The lowest BCUT2D eigenvalue weighted by molar-refractivity contribution is 0.739. The number of fused-ring (bicyclic) bond motifs is 1. The number of aliphatic imine (C=N–C) groups is 1. The van der Waals surface area contributed by atoms with E-state index in [0.717, 1.165) is 47.8 Å². The van der Waals surface area contributed by atoms with Crippen LogP contribution >= 0.6 is 15.9 Å². The summed E-state index contributed by atoms with van der Waals surface area (Å²) in [5.74, 6) is 1.63. The first-order chi connectivity index (χ1) is 12.8. The largest absolute Gasteiger partial charge is 0.357 e. The highest BCUT2D eigenvalue weighted by Crippen LogP contribution is 2.12. The average molecular weight is 415 g/mol. The molecule has 0 radical (unpaired) electrons. The Hall–Kier alpha value is -2.41. The van der Waals surface area contributed by atoms with Crippen molar-refractivity contribution in [2.45, 2.75) is 26.3 Å². The lowest BCUT2D eigenvalue weighted by Crippen LogP contribution is -2.37. The van der Waals surface area contributed by atoms with E-state index in [1.807, 2.05) is 34.9 Å². The zero-order valence-corrected chi connectivity index (χ0v) is 16.4. The first-order valence-corrected chi connectivity index (χ1v) is 9.61. The molecule has 7 heteroatoms. The molecule has 136 valence electrons. The molecule has 0 saturated carbocycles. The molecule has 0 spiro atoms. The fourth-order valence-corrected chi connectivity index (χ4v) is 3.13. The van der Waals surface area contributed by atoms with Crippen LogP contribution in [0.4, 0.5) is 0 Å². The van der Waals surface area contributed by atoms with Crippen LogP contribution in [0.25, 0.3) is 5.65 Å². The molecule has 2 aromatic heterocycles. The summed E-state index contributed by atoms with van der Waals surface area (Å²) in [6, 6.07) is 14.3. The van der Waals surface area contributed by atoms with Gasteiger partial charge in [-0.15, -0.1) is 10.2 Å². The first-order valence-electron chi connectivity index (χ1n) is 8.81. The Morgan fingerprint density at radius 2 is 2.08 bits per heavy atom. The number of nitrogens with zero attached hydrogens (tertiary/aromatic N) is 4. The van der Waals surface area contributed by atoms with Crippen molar-refractivity contribution in [1.82, 2.24) is 25.2 Å². The van der Waals surface area contributed by atoms with Crippen molar-refractivity contribution in [1.29, 1.82) is 0 Å². The molecule has 0 aliphatic heterocycles. The molecule has 1 aromatic carbocycles. The third-order valence-corrected chi connectivity index (χ3v) is 4.42. The van der Waals surface area contributed by atoms with E-state index in [0.29, 0.717) is 6.54 Å². The Bertz CT molecular complexity index is 873. The monoisotopic (exact) mass is 414 g/mol. The fraction of sp³-hybridized carbons (Fsp3) is 0.316. The molecule has 0 unspecified atom stereocenters. The van der Waals surface area contributed by atoms with Crippen LogP contribution in [0.5, 0.6) is 0 Å². The highest BCUT2D eigenvalue weighted by molar-refractivity contribution is 9.10. The van der Waals surface area contributed by atoms with Crippen molar-refractivity contribution in [3.05, 3.63) is 64.5 Å². The van der Waals surface area contributed by atoms with Gasteiger partial charge in [0.15, 0.2) is 17.4 Å². The van der Waals surface area contributed by atoms with Gasteiger partial charge < -0.3 is 10.6 Å². The maximum Gasteiger partial charge on any atom is 0.191 e. The number of nitrogens with one attached hydrogen (secondary N) is 2. The van der Waals surface area contributed by atoms with Crippen molar-refractivity contribution >= 4 is 27.5 Å². The number of benzene rings is 1. The fourth-order valence-electron chi connectivity index (χ4n) is 2.68. The maximum atomic E-state index is 4.63. The van der Waals surface area contributed by atoms with Gasteiger partial charge in [-0.05, 0) is 49.6 Å². The van der Waals surface area contributed by atoms with Crippen LogP contribution in [0.2, 0.25) is 0 Å². The third kappa shape index (κ3) is 5.05. The predicted molar refractivity (Wildman–Crippen MR) is 108 cm³/mol. The van der Waals surface area contributed by atoms with E-state index in [1.54, 1.807) is 0 Å². The van der Waals surface area contributed by atoms with Crippen LogP contribution in [-0.4, -0.2) is 33.6 Å². The Kier molecular flexibility index (Phi) is 6.60. The van der Waals surface area contributed by atoms with Gasteiger partial charge >= 0.3 is 0 Å². The van der Waals surface area contributed by atoms with Crippen molar-refractivity contribution < 1.29 is 0 Å². The molecule has 0 atom stereocenters. The minimum absolute atomic E-state index is 0.478. The van der Waals surface area contributed by atoms with Crippen LogP contribution in [0, 0.1) is 0 Å². The molecule has 0 aliphatic carbocycles. The Balaban J connectivity index is 1.54. The smallest absolute Gasteiger partial charge is 0.191 e. The third-order valence-electron chi connectivity index (χ3n) is 3.93. The van der Waals surface area contributed by atoms with Crippen molar-refractivity contribution in [2.75, 3.05) is 13.1 Å². The Morgan fingerprint density at radius 3 is 2.92 bits per heavy atom. The van der Waals surface area contributed by atoms with Gasteiger partial charge in [0, 0.05) is 23.8 Å². The average Bonchev–Trinajstić information content (AvgIpc) is 3.06. The van der Waals surface area contributed by atoms with E-state index < -0.39 is 0 Å². The molecule has 3 rings (SSSR count). The molecule has 0 fully saturated rings. The summed E-state index contributed by atoms with van der Waals surface area (Å²) < 4.78 is 3.08. The highest BCUT2D eigenvalue weighted by atomic mass is 79.9. The number of aryl methyl sites for hydroxylation is 1. The van der Waals surface area contributed by atoms with Crippen LogP contribution in [0.15, 0.2) is 58.1 Å². The summed E-state index contributed by atoms with van der Waals surface area (Å²) in [6.45, 7) is 4.22. The SMILES string of the molecule is CCNC(=NCc1nnc2ccccn12)NCCCc1cccc(Br)c1. The number of halogens is 1. The zero-order valence-electron chi connectivity index (χ0n) is 14.8. The van der Waals surface area contributed by atoms with Crippen LogP contribution in [-0.2, 0) is 13.0 Å². The quantitative estimate of drug-likeness (QED) is 0.354. The number of pyridine rings is 1. The topological polar surface area (TPSA) is 66.6 Å². The van der Waals surface area contributed by atoms with Gasteiger partial charge in [-0.2, -0.15) is 0 Å². The number of guanidine groups is 1. The molecule has 0 amide bonds. The first kappa shape index (κ1) is 18.4. The Labute approximate surface area is 161 Å². The second kappa shape index (κ2) is 9.33. The van der Waals surface area contributed by atoms with E-state index >= 15 is 0 Å². The zero-order chi connectivity index (χ0) is 18.2. The molecule has 3 aromatic rings. The van der Waals surface area contributed by atoms with Crippen LogP contribution < -0.4 is 10.6 Å². The van der Waals surface area contributed by atoms with E-state index in [2.05, 4.69) is 66.9 Å². The molecule has 0 saturated heterocycles. The summed E-state index contributed by atoms with van der Waals surface area (Å²) >= 11 is 3.51. The molecule has 2 heterocycles. The van der Waals surface area contributed by atoms with Crippen molar-refractivity contribution in [3.8, 4) is 0 Å². The van der Waals surface area contributed by atoms with Gasteiger partial charge in [0.1, 0.15) is 6.54 Å². The second-order valence-electron chi connectivity index (χ2n) is 5.90. The highest BCUT2D eigenvalue weighted by Gasteiger charge is 2.04. The van der Waals surface area contributed by atoms with Gasteiger partial charge in [-0.25, -0.2) is 4.99 Å². The summed E-state index contributed by atoms with van der Waals surface area (Å²) in [6.07, 6.45) is 4.02. The molecule has 0 aliphatic rings. The number of rotatable bonds is 7. The second-order valence-corrected chi connectivity index (χ2v) is 6.82. The van der Waals surface area contributed by atoms with Gasteiger partial charge in [-0.1, -0.05) is 34.1 Å². The van der Waals surface area contributed by atoms with Gasteiger partial charge in [0.2, 0.25) is 0 Å². The number of hydrogen-bond acceptors (Lipinski definition) is 3.